The normalized spacial score (nSPS) is 20.7. The van der Waals surface area contributed by atoms with Gasteiger partial charge in [0.1, 0.15) is 5.75 Å². The second-order valence-corrected chi connectivity index (χ2v) is 3.80. The Hall–Kier alpha value is -1.13. The molecular weight excluding hydrogens is 206 g/mol. The number of pyridine rings is 1. The molecule has 1 aromatic heterocycles. The van der Waals surface area contributed by atoms with Gasteiger partial charge in [0.05, 0.1) is 25.6 Å². The minimum Gasteiger partial charge on any atom is -0.495 e. The summed E-state index contributed by atoms with van der Waals surface area (Å²) in [7, 11) is 1.63. The summed E-state index contributed by atoms with van der Waals surface area (Å²) >= 11 is 0. The fraction of sp³-hybridized carbons (Fsp3) is 0.583. The zero-order chi connectivity index (χ0) is 11.2. The van der Waals surface area contributed by atoms with Crippen LogP contribution in [0, 0.1) is 0 Å². The first-order chi connectivity index (χ1) is 7.88. The Balaban J connectivity index is 1.79. The zero-order valence-electron chi connectivity index (χ0n) is 9.52. The average Bonchev–Trinajstić information content (AvgIpc) is 2.38. The molecule has 0 amide bonds. The molecule has 1 fully saturated rings. The smallest absolute Gasteiger partial charge is 0.158 e. The Labute approximate surface area is 95.5 Å². The number of methoxy groups -OCH3 is 1. The predicted molar refractivity (Wildman–Crippen MR) is 59.2 cm³/mol. The molecule has 1 aromatic rings. The lowest BCUT2D eigenvalue weighted by atomic mass is 10.2. The topological polar surface area (TPSA) is 40.6 Å². The van der Waals surface area contributed by atoms with Crippen LogP contribution in [0.3, 0.4) is 0 Å². The van der Waals surface area contributed by atoms with Crippen molar-refractivity contribution in [3.63, 3.8) is 0 Å². The van der Waals surface area contributed by atoms with Gasteiger partial charge in [0.25, 0.3) is 0 Å². The molecule has 2 heterocycles. The van der Waals surface area contributed by atoms with Crippen LogP contribution in [0.4, 0.5) is 0 Å². The zero-order valence-corrected chi connectivity index (χ0v) is 9.52. The number of hydrogen-bond acceptors (Lipinski definition) is 4. The van der Waals surface area contributed by atoms with E-state index in [1.807, 2.05) is 12.1 Å². The second kappa shape index (κ2) is 5.82. The number of rotatable bonds is 4. The lowest BCUT2D eigenvalue weighted by Crippen LogP contribution is -2.22. The van der Waals surface area contributed by atoms with Crippen LogP contribution in [0.25, 0.3) is 0 Å². The third-order valence-electron chi connectivity index (χ3n) is 2.59. The Kier molecular flexibility index (Phi) is 4.13. The van der Waals surface area contributed by atoms with Gasteiger partial charge < -0.3 is 14.2 Å². The molecule has 0 aromatic carbocycles. The molecule has 4 heteroatoms. The summed E-state index contributed by atoms with van der Waals surface area (Å²) in [6.45, 7) is 1.30. The van der Waals surface area contributed by atoms with Crippen molar-refractivity contribution < 1.29 is 14.2 Å². The standard InChI is InChI=1S/C12H17NO3/c1-14-11-6-5-10(13-8-11)9-16-12-4-2-3-7-15-12/h5-6,8,12H,2-4,7,9H2,1H3. The molecule has 1 aliphatic heterocycles. The molecule has 0 bridgehead atoms. The van der Waals surface area contributed by atoms with Gasteiger partial charge in [-0.25, -0.2) is 0 Å². The maximum absolute atomic E-state index is 5.62. The van der Waals surface area contributed by atoms with Gasteiger partial charge in [-0.2, -0.15) is 0 Å². The molecule has 16 heavy (non-hydrogen) atoms. The molecule has 1 unspecified atom stereocenters. The highest BCUT2D eigenvalue weighted by Crippen LogP contribution is 2.15. The van der Waals surface area contributed by atoms with Crippen LogP contribution in [-0.4, -0.2) is 25.0 Å². The maximum atomic E-state index is 5.62. The molecule has 1 saturated heterocycles. The lowest BCUT2D eigenvalue weighted by molar-refractivity contribution is -0.169. The maximum Gasteiger partial charge on any atom is 0.158 e. The number of ether oxygens (including phenoxy) is 3. The SMILES string of the molecule is COc1ccc(COC2CCCCO2)nc1. The Morgan fingerprint density at radius 3 is 3.00 bits per heavy atom. The summed E-state index contributed by atoms with van der Waals surface area (Å²) in [6, 6.07) is 3.79. The Bertz CT molecular complexity index is 307. The highest BCUT2D eigenvalue weighted by atomic mass is 16.7. The first-order valence-corrected chi connectivity index (χ1v) is 5.60. The minimum absolute atomic E-state index is 0.0577. The fourth-order valence-electron chi connectivity index (χ4n) is 1.64. The minimum atomic E-state index is -0.0577. The van der Waals surface area contributed by atoms with Gasteiger partial charge in [-0.3, -0.25) is 4.98 Å². The lowest BCUT2D eigenvalue weighted by Gasteiger charge is -2.22. The van der Waals surface area contributed by atoms with E-state index in [-0.39, 0.29) is 6.29 Å². The van der Waals surface area contributed by atoms with Crippen molar-refractivity contribution in [2.75, 3.05) is 13.7 Å². The molecule has 2 rings (SSSR count). The molecule has 0 aliphatic carbocycles. The number of hydrogen-bond donors (Lipinski definition) is 0. The third kappa shape index (κ3) is 3.18. The third-order valence-corrected chi connectivity index (χ3v) is 2.59. The van der Waals surface area contributed by atoms with Crippen LogP contribution in [-0.2, 0) is 16.1 Å². The van der Waals surface area contributed by atoms with E-state index in [0.717, 1.165) is 30.9 Å². The predicted octanol–water partition coefficient (Wildman–Crippen LogP) is 2.13. The van der Waals surface area contributed by atoms with Crippen molar-refractivity contribution in [1.82, 2.24) is 4.98 Å². The fourth-order valence-corrected chi connectivity index (χ4v) is 1.64. The monoisotopic (exact) mass is 223 g/mol. The van der Waals surface area contributed by atoms with Crippen LogP contribution in [0.15, 0.2) is 18.3 Å². The molecule has 0 N–H and O–H groups in total. The largest absolute Gasteiger partial charge is 0.495 e. The van der Waals surface area contributed by atoms with Crippen molar-refractivity contribution in [3.05, 3.63) is 24.0 Å². The highest BCUT2D eigenvalue weighted by molar-refractivity contribution is 5.19. The molecule has 4 nitrogen and oxygen atoms in total. The summed E-state index contributed by atoms with van der Waals surface area (Å²) in [5, 5.41) is 0. The second-order valence-electron chi connectivity index (χ2n) is 3.80. The average molecular weight is 223 g/mol. The van der Waals surface area contributed by atoms with Crippen LogP contribution >= 0.6 is 0 Å². The number of aromatic nitrogens is 1. The Morgan fingerprint density at radius 1 is 1.44 bits per heavy atom. The van der Waals surface area contributed by atoms with Gasteiger partial charge in [-0.15, -0.1) is 0 Å². The molecule has 0 saturated carbocycles. The van der Waals surface area contributed by atoms with Gasteiger partial charge in [-0.05, 0) is 31.4 Å². The van der Waals surface area contributed by atoms with E-state index in [0.29, 0.717) is 6.61 Å². The van der Waals surface area contributed by atoms with Gasteiger partial charge in [0, 0.05) is 6.61 Å². The van der Waals surface area contributed by atoms with Crippen molar-refractivity contribution in [2.45, 2.75) is 32.2 Å². The summed E-state index contributed by atoms with van der Waals surface area (Å²) in [5.41, 5.74) is 0.898. The van der Waals surface area contributed by atoms with E-state index < -0.39 is 0 Å². The van der Waals surface area contributed by atoms with E-state index in [9.17, 15) is 0 Å². The van der Waals surface area contributed by atoms with Crippen LogP contribution in [0.1, 0.15) is 25.0 Å². The van der Waals surface area contributed by atoms with Crippen LogP contribution in [0.2, 0.25) is 0 Å². The molecule has 88 valence electrons. The van der Waals surface area contributed by atoms with E-state index in [4.69, 9.17) is 14.2 Å². The van der Waals surface area contributed by atoms with Crippen molar-refractivity contribution in [2.24, 2.45) is 0 Å². The Morgan fingerprint density at radius 2 is 2.38 bits per heavy atom. The van der Waals surface area contributed by atoms with Gasteiger partial charge in [0.15, 0.2) is 6.29 Å². The van der Waals surface area contributed by atoms with Crippen LogP contribution < -0.4 is 4.74 Å². The molecule has 1 aliphatic rings. The van der Waals surface area contributed by atoms with Crippen LogP contribution in [0.5, 0.6) is 5.75 Å². The molecular formula is C12H17NO3. The van der Waals surface area contributed by atoms with Crippen molar-refractivity contribution in [1.29, 1.82) is 0 Å². The first kappa shape index (κ1) is 11.4. The summed E-state index contributed by atoms with van der Waals surface area (Å²) in [5.74, 6) is 0.762. The molecule has 0 radical (unpaired) electrons. The van der Waals surface area contributed by atoms with E-state index in [1.165, 1.54) is 6.42 Å². The van der Waals surface area contributed by atoms with E-state index in [1.54, 1.807) is 13.3 Å². The first-order valence-electron chi connectivity index (χ1n) is 5.60. The van der Waals surface area contributed by atoms with Crippen molar-refractivity contribution >= 4 is 0 Å². The number of nitrogens with zero attached hydrogens (tertiary/aromatic N) is 1. The van der Waals surface area contributed by atoms with Crippen molar-refractivity contribution in [3.8, 4) is 5.75 Å². The van der Waals surface area contributed by atoms with E-state index in [2.05, 4.69) is 4.98 Å². The van der Waals surface area contributed by atoms with Gasteiger partial charge in [-0.1, -0.05) is 0 Å². The summed E-state index contributed by atoms with van der Waals surface area (Å²) in [6.07, 6.45) is 4.94. The molecule has 1 atom stereocenters. The quantitative estimate of drug-likeness (QED) is 0.784. The van der Waals surface area contributed by atoms with Gasteiger partial charge in [0.2, 0.25) is 0 Å². The summed E-state index contributed by atoms with van der Waals surface area (Å²) < 4.78 is 16.1. The highest BCUT2D eigenvalue weighted by Gasteiger charge is 2.13. The van der Waals surface area contributed by atoms with Gasteiger partial charge >= 0.3 is 0 Å². The van der Waals surface area contributed by atoms with E-state index >= 15 is 0 Å². The summed E-state index contributed by atoms with van der Waals surface area (Å²) in [4.78, 5) is 4.23. The molecule has 0 spiro atoms.